The normalized spacial score (nSPS) is 21.8. The van der Waals surface area contributed by atoms with Gasteiger partial charge in [0.15, 0.2) is 0 Å². The number of benzene rings is 1. The molecule has 20 heavy (non-hydrogen) atoms. The number of hydrogen-bond donors (Lipinski definition) is 1. The van der Waals surface area contributed by atoms with Crippen LogP contribution in [-0.2, 0) is 0 Å². The van der Waals surface area contributed by atoms with Crippen molar-refractivity contribution < 1.29 is 0 Å². The van der Waals surface area contributed by atoms with Gasteiger partial charge < -0.3 is 5.32 Å². The van der Waals surface area contributed by atoms with Gasteiger partial charge in [0.05, 0.1) is 0 Å². The van der Waals surface area contributed by atoms with Crippen LogP contribution in [0.2, 0.25) is 0 Å². The predicted molar refractivity (Wildman–Crippen MR) is 86.2 cm³/mol. The molecule has 0 saturated carbocycles. The van der Waals surface area contributed by atoms with E-state index < -0.39 is 0 Å². The molecule has 0 radical (unpaired) electrons. The highest BCUT2D eigenvalue weighted by Gasteiger charge is 2.25. The lowest BCUT2D eigenvalue weighted by molar-refractivity contribution is 0.155. The Morgan fingerprint density at radius 3 is 2.70 bits per heavy atom. The van der Waals surface area contributed by atoms with Crippen LogP contribution in [-0.4, -0.2) is 24.5 Å². The smallest absolute Gasteiger partial charge is 0.0449 e. The number of aryl methyl sites for hydroxylation is 1. The van der Waals surface area contributed by atoms with Gasteiger partial charge in [0.2, 0.25) is 0 Å². The highest BCUT2D eigenvalue weighted by molar-refractivity contribution is 7.12. The van der Waals surface area contributed by atoms with Crippen molar-refractivity contribution in [3.8, 4) is 0 Å². The van der Waals surface area contributed by atoms with Crippen LogP contribution in [0.15, 0.2) is 42.5 Å². The van der Waals surface area contributed by atoms with E-state index in [1.54, 1.807) is 0 Å². The Hall–Kier alpha value is -1.16. The molecule has 0 bridgehead atoms. The monoisotopic (exact) mass is 286 g/mol. The summed E-state index contributed by atoms with van der Waals surface area (Å²) in [6.45, 7) is 7.79. The fourth-order valence-electron chi connectivity index (χ4n) is 2.89. The maximum atomic E-state index is 3.64. The van der Waals surface area contributed by atoms with Gasteiger partial charge in [-0.1, -0.05) is 30.3 Å². The minimum Gasteiger partial charge on any atom is -0.308 e. The van der Waals surface area contributed by atoms with E-state index in [1.165, 1.54) is 15.3 Å². The molecule has 1 fully saturated rings. The molecule has 0 spiro atoms. The molecule has 1 aromatic carbocycles. The van der Waals surface area contributed by atoms with E-state index in [9.17, 15) is 0 Å². The Kier molecular flexibility index (Phi) is 4.20. The molecule has 2 aromatic rings. The lowest BCUT2D eigenvalue weighted by atomic mass is 10.0. The first-order valence-electron chi connectivity index (χ1n) is 7.33. The average molecular weight is 286 g/mol. The third kappa shape index (κ3) is 2.95. The molecule has 2 unspecified atom stereocenters. The number of rotatable bonds is 3. The van der Waals surface area contributed by atoms with Gasteiger partial charge in [0.25, 0.3) is 0 Å². The van der Waals surface area contributed by atoms with Crippen LogP contribution in [0.4, 0.5) is 0 Å². The second-order valence-corrected chi connectivity index (χ2v) is 6.86. The lowest BCUT2D eigenvalue weighted by Gasteiger charge is -2.37. The fourth-order valence-corrected chi connectivity index (χ4v) is 3.85. The summed E-state index contributed by atoms with van der Waals surface area (Å²) < 4.78 is 0. The largest absolute Gasteiger partial charge is 0.308 e. The number of thiophene rings is 1. The molecule has 1 aromatic heterocycles. The van der Waals surface area contributed by atoms with E-state index in [4.69, 9.17) is 0 Å². The SMILES string of the molecule is Cc1ccc(C(C)N2CCNC(c3ccccc3)C2)s1. The number of hydrogen-bond acceptors (Lipinski definition) is 3. The lowest BCUT2D eigenvalue weighted by Crippen LogP contribution is -2.46. The molecule has 1 aliphatic rings. The number of piperazine rings is 1. The van der Waals surface area contributed by atoms with Crippen molar-refractivity contribution in [1.82, 2.24) is 10.2 Å². The molecule has 1 N–H and O–H groups in total. The zero-order valence-electron chi connectivity index (χ0n) is 12.2. The van der Waals surface area contributed by atoms with Crippen LogP contribution >= 0.6 is 11.3 Å². The van der Waals surface area contributed by atoms with Crippen molar-refractivity contribution in [3.05, 3.63) is 57.8 Å². The molecule has 3 rings (SSSR count). The molecule has 0 amide bonds. The minimum atomic E-state index is 0.452. The first kappa shape index (κ1) is 13.8. The Bertz CT molecular complexity index is 549. The molecular formula is C17H22N2S. The zero-order valence-corrected chi connectivity index (χ0v) is 13.0. The van der Waals surface area contributed by atoms with Gasteiger partial charge in [0.1, 0.15) is 0 Å². The summed E-state index contributed by atoms with van der Waals surface area (Å²) in [6.07, 6.45) is 0. The second kappa shape index (κ2) is 6.08. The second-order valence-electron chi connectivity index (χ2n) is 5.54. The topological polar surface area (TPSA) is 15.3 Å². The summed E-state index contributed by atoms with van der Waals surface area (Å²) in [6, 6.07) is 16.3. The summed E-state index contributed by atoms with van der Waals surface area (Å²) in [5.41, 5.74) is 1.40. The first-order chi connectivity index (χ1) is 9.74. The van der Waals surface area contributed by atoms with Crippen LogP contribution in [0.3, 0.4) is 0 Å². The quantitative estimate of drug-likeness (QED) is 0.924. The molecule has 0 aliphatic carbocycles. The summed E-state index contributed by atoms with van der Waals surface area (Å²) in [4.78, 5) is 5.48. The van der Waals surface area contributed by atoms with E-state index in [0.717, 1.165) is 19.6 Å². The maximum Gasteiger partial charge on any atom is 0.0449 e. The summed E-state index contributed by atoms with van der Waals surface area (Å²) >= 11 is 1.92. The Morgan fingerprint density at radius 1 is 1.20 bits per heavy atom. The van der Waals surface area contributed by atoms with Crippen molar-refractivity contribution >= 4 is 11.3 Å². The van der Waals surface area contributed by atoms with Crippen molar-refractivity contribution in [2.75, 3.05) is 19.6 Å². The van der Waals surface area contributed by atoms with Crippen molar-refractivity contribution in [3.63, 3.8) is 0 Å². The zero-order chi connectivity index (χ0) is 13.9. The van der Waals surface area contributed by atoms with E-state index in [1.807, 2.05) is 11.3 Å². The van der Waals surface area contributed by atoms with Crippen LogP contribution in [0.1, 0.15) is 34.3 Å². The van der Waals surface area contributed by atoms with Crippen LogP contribution in [0.5, 0.6) is 0 Å². The summed E-state index contributed by atoms with van der Waals surface area (Å²) in [5.74, 6) is 0. The molecule has 1 aliphatic heterocycles. The highest BCUT2D eigenvalue weighted by Crippen LogP contribution is 2.29. The van der Waals surface area contributed by atoms with E-state index >= 15 is 0 Å². The third-order valence-corrected chi connectivity index (χ3v) is 5.30. The molecular weight excluding hydrogens is 264 g/mol. The summed E-state index contributed by atoms with van der Waals surface area (Å²) in [5, 5.41) is 3.64. The van der Waals surface area contributed by atoms with Gasteiger partial charge in [-0.3, -0.25) is 4.90 Å². The Balaban J connectivity index is 1.72. The van der Waals surface area contributed by atoms with Gasteiger partial charge in [-0.25, -0.2) is 0 Å². The molecule has 1 saturated heterocycles. The molecule has 3 heteroatoms. The van der Waals surface area contributed by atoms with Gasteiger partial charge in [-0.15, -0.1) is 11.3 Å². The van der Waals surface area contributed by atoms with Gasteiger partial charge in [0, 0.05) is 41.5 Å². The summed E-state index contributed by atoms with van der Waals surface area (Å²) in [7, 11) is 0. The minimum absolute atomic E-state index is 0.452. The first-order valence-corrected chi connectivity index (χ1v) is 8.14. The molecule has 106 valence electrons. The van der Waals surface area contributed by atoms with Gasteiger partial charge in [-0.05, 0) is 31.5 Å². The third-order valence-electron chi connectivity index (χ3n) is 4.13. The van der Waals surface area contributed by atoms with Gasteiger partial charge in [-0.2, -0.15) is 0 Å². The number of nitrogens with zero attached hydrogens (tertiary/aromatic N) is 1. The fraction of sp³-hybridized carbons (Fsp3) is 0.412. The predicted octanol–water partition coefficient (Wildman–Crippen LogP) is 3.76. The Labute approximate surface area is 125 Å². The number of nitrogens with one attached hydrogen (secondary N) is 1. The Morgan fingerprint density at radius 2 is 2.00 bits per heavy atom. The van der Waals surface area contributed by atoms with E-state index in [0.29, 0.717) is 12.1 Å². The van der Waals surface area contributed by atoms with Crippen LogP contribution in [0.25, 0.3) is 0 Å². The van der Waals surface area contributed by atoms with E-state index in [-0.39, 0.29) is 0 Å². The molecule has 2 heterocycles. The average Bonchev–Trinajstić information content (AvgIpc) is 2.94. The molecule has 2 nitrogen and oxygen atoms in total. The molecule has 2 atom stereocenters. The van der Waals surface area contributed by atoms with Crippen molar-refractivity contribution in [2.45, 2.75) is 25.9 Å². The van der Waals surface area contributed by atoms with Crippen molar-refractivity contribution in [2.24, 2.45) is 0 Å². The van der Waals surface area contributed by atoms with Gasteiger partial charge >= 0.3 is 0 Å². The maximum absolute atomic E-state index is 3.64. The van der Waals surface area contributed by atoms with Crippen molar-refractivity contribution in [1.29, 1.82) is 0 Å². The standard InChI is InChI=1S/C17H22N2S/c1-13-8-9-17(20-13)14(2)19-11-10-18-16(12-19)15-6-4-3-5-7-15/h3-9,14,16,18H,10-12H2,1-2H3. The van der Waals surface area contributed by atoms with E-state index in [2.05, 4.69) is 66.5 Å². The van der Waals surface area contributed by atoms with Crippen LogP contribution in [0, 0.1) is 6.92 Å². The highest BCUT2D eigenvalue weighted by atomic mass is 32.1. The van der Waals surface area contributed by atoms with Crippen LogP contribution < -0.4 is 5.32 Å².